The first-order chi connectivity index (χ1) is 9.45. The van der Waals surface area contributed by atoms with Gasteiger partial charge in [0.1, 0.15) is 5.82 Å². The minimum absolute atomic E-state index is 0.0361. The van der Waals surface area contributed by atoms with Crippen LogP contribution in [0.1, 0.15) is 13.3 Å². The van der Waals surface area contributed by atoms with E-state index in [9.17, 15) is 14.0 Å². The number of amides is 2. The molecule has 1 aliphatic carbocycles. The lowest BCUT2D eigenvalue weighted by molar-refractivity contribution is -0.118. The van der Waals surface area contributed by atoms with Crippen LogP contribution in [0.25, 0.3) is 0 Å². The van der Waals surface area contributed by atoms with E-state index in [0.717, 1.165) is 0 Å². The predicted octanol–water partition coefficient (Wildman–Crippen LogP) is 1.63. The smallest absolute Gasteiger partial charge is 0.231 e. The second kappa shape index (κ2) is 5.83. The van der Waals surface area contributed by atoms with Crippen molar-refractivity contribution in [2.24, 2.45) is 11.7 Å². The zero-order valence-corrected chi connectivity index (χ0v) is 11.0. The topological polar surface area (TPSA) is 84.2 Å². The summed E-state index contributed by atoms with van der Waals surface area (Å²) in [6.45, 7) is 1.29. The molecule has 6 heteroatoms. The van der Waals surface area contributed by atoms with Crippen LogP contribution in [0.4, 0.5) is 15.8 Å². The molecule has 2 rings (SSSR count). The summed E-state index contributed by atoms with van der Waals surface area (Å²) in [5, 5.41) is 5.05. The number of nitrogens with one attached hydrogen (secondary N) is 2. The van der Waals surface area contributed by atoms with Crippen LogP contribution >= 0.6 is 0 Å². The van der Waals surface area contributed by atoms with Crippen molar-refractivity contribution < 1.29 is 14.0 Å². The predicted molar refractivity (Wildman–Crippen MR) is 74.6 cm³/mol. The largest absolute Gasteiger partial charge is 0.326 e. The first-order valence-corrected chi connectivity index (χ1v) is 6.27. The summed E-state index contributed by atoms with van der Waals surface area (Å²) in [4.78, 5) is 22.9. The minimum Gasteiger partial charge on any atom is -0.326 e. The van der Waals surface area contributed by atoms with E-state index in [2.05, 4.69) is 10.6 Å². The Labute approximate surface area is 116 Å². The third-order valence-corrected chi connectivity index (χ3v) is 3.00. The van der Waals surface area contributed by atoms with Gasteiger partial charge in [-0.25, -0.2) is 4.39 Å². The van der Waals surface area contributed by atoms with Gasteiger partial charge in [0.05, 0.1) is 11.6 Å². The molecule has 2 unspecified atom stereocenters. The van der Waals surface area contributed by atoms with E-state index in [1.54, 1.807) is 12.2 Å². The van der Waals surface area contributed by atoms with Crippen molar-refractivity contribution in [3.8, 4) is 0 Å². The van der Waals surface area contributed by atoms with Crippen molar-refractivity contribution in [2.75, 3.05) is 10.6 Å². The van der Waals surface area contributed by atoms with Crippen LogP contribution in [-0.2, 0) is 9.59 Å². The van der Waals surface area contributed by atoms with Crippen LogP contribution in [-0.4, -0.2) is 17.9 Å². The van der Waals surface area contributed by atoms with Crippen LogP contribution in [0.5, 0.6) is 0 Å². The van der Waals surface area contributed by atoms with E-state index in [1.165, 1.54) is 25.1 Å². The average Bonchev–Trinajstić information content (AvgIpc) is 2.79. The quantitative estimate of drug-likeness (QED) is 0.734. The summed E-state index contributed by atoms with van der Waals surface area (Å²) in [6.07, 6.45) is 4.11. The van der Waals surface area contributed by atoms with Gasteiger partial charge in [0, 0.05) is 18.7 Å². The van der Waals surface area contributed by atoms with E-state index < -0.39 is 5.82 Å². The lowest BCUT2D eigenvalue weighted by Crippen LogP contribution is -2.24. The number of hydrogen-bond acceptors (Lipinski definition) is 3. The third kappa shape index (κ3) is 3.42. The molecule has 0 saturated heterocycles. The highest BCUT2D eigenvalue weighted by Gasteiger charge is 2.22. The van der Waals surface area contributed by atoms with E-state index in [0.29, 0.717) is 12.1 Å². The molecule has 4 N–H and O–H groups in total. The van der Waals surface area contributed by atoms with Crippen LogP contribution in [0, 0.1) is 11.7 Å². The Bertz CT molecular complexity index is 572. The highest BCUT2D eigenvalue weighted by atomic mass is 19.1. The molecule has 0 heterocycles. The fraction of sp³-hybridized carbons (Fsp3) is 0.286. The molecule has 20 heavy (non-hydrogen) atoms. The zero-order chi connectivity index (χ0) is 14.7. The second-order valence-electron chi connectivity index (χ2n) is 4.76. The monoisotopic (exact) mass is 277 g/mol. The van der Waals surface area contributed by atoms with Gasteiger partial charge in [0.25, 0.3) is 0 Å². The molecular weight excluding hydrogens is 261 g/mol. The normalized spacial score (nSPS) is 20.8. The number of halogens is 1. The Morgan fingerprint density at radius 3 is 2.65 bits per heavy atom. The van der Waals surface area contributed by atoms with Crippen LogP contribution < -0.4 is 16.4 Å². The second-order valence-corrected chi connectivity index (χ2v) is 4.76. The summed E-state index contributed by atoms with van der Waals surface area (Å²) in [5.41, 5.74) is 6.15. The molecule has 0 aliphatic heterocycles. The van der Waals surface area contributed by atoms with Crippen LogP contribution in [0.2, 0.25) is 0 Å². The SMILES string of the molecule is CC(=O)Nc1cc(NC(=O)C2C=CC(N)C2)ccc1F. The Balaban J connectivity index is 2.08. The van der Waals surface area contributed by atoms with Gasteiger partial charge in [0.2, 0.25) is 11.8 Å². The molecule has 0 bridgehead atoms. The number of rotatable bonds is 3. The molecule has 2 amide bonds. The van der Waals surface area contributed by atoms with Crippen molar-refractivity contribution in [1.82, 2.24) is 0 Å². The van der Waals surface area contributed by atoms with E-state index >= 15 is 0 Å². The fourth-order valence-electron chi connectivity index (χ4n) is 2.05. The first kappa shape index (κ1) is 14.2. The molecular formula is C14H16FN3O2. The Morgan fingerprint density at radius 2 is 2.05 bits per heavy atom. The number of anilines is 2. The van der Waals surface area contributed by atoms with Gasteiger partial charge in [-0.3, -0.25) is 9.59 Å². The number of nitrogens with two attached hydrogens (primary N) is 1. The highest BCUT2D eigenvalue weighted by Crippen LogP contribution is 2.22. The third-order valence-electron chi connectivity index (χ3n) is 3.00. The number of carbonyl (C=O) groups is 2. The molecule has 0 radical (unpaired) electrons. The van der Waals surface area contributed by atoms with E-state index in [4.69, 9.17) is 5.73 Å². The molecule has 0 fully saturated rings. The molecule has 0 saturated carbocycles. The molecule has 2 atom stereocenters. The van der Waals surface area contributed by atoms with E-state index in [1.807, 2.05) is 0 Å². The van der Waals surface area contributed by atoms with Gasteiger partial charge in [-0.15, -0.1) is 0 Å². The van der Waals surface area contributed by atoms with Crippen molar-refractivity contribution in [1.29, 1.82) is 0 Å². The Morgan fingerprint density at radius 1 is 1.30 bits per heavy atom. The highest BCUT2D eigenvalue weighted by molar-refractivity contribution is 5.95. The molecule has 0 spiro atoms. The van der Waals surface area contributed by atoms with Gasteiger partial charge in [0.15, 0.2) is 0 Å². The zero-order valence-electron chi connectivity index (χ0n) is 11.0. The Kier molecular flexibility index (Phi) is 4.14. The molecule has 1 aromatic rings. The average molecular weight is 277 g/mol. The first-order valence-electron chi connectivity index (χ1n) is 6.27. The minimum atomic E-state index is -0.555. The number of carbonyl (C=O) groups excluding carboxylic acids is 2. The van der Waals surface area contributed by atoms with Crippen LogP contribution in [0.3, 0.4) is 0 Å². The number of hydrogen-bond donors (Lipinski definition) is 3. The lowest BCUT2D eigenvalue weighted by atomic mass is 10.1. The maximum atomic E-state index is 13.5. The van der Waals surface area contributed by atoms with Crippen molar-refractivity contribution in [3.63, 3.8) is 0 Å². The number of benzene rings is 1. The molecule has 0 aromatic heterocycles. The summed E-state index contributed by atoms with van der Waals surface area (Å²) in [5.74, 6) is -1.41. The van der Waals surface area contributed by atoms with Gasteiger partial charge in [-0.1, -0.05) is 12.2 Å². The maximum Gasteiger partial charge on any atom is 0.231 e. The summed E-state index contributed by atoms with van der Waals surface area (Å²) >= 11 is 0. The van der Waals surface area contributed by atoms with Gasteiger partial charge >= 0.3 is 0 Å². The van der Waals surface area contributed by atoms with Crippen molar-refractivity contribution in [2.45, 2.75) is 19.4 Å². The van der Waals surface area contributed by atoms with Crippen molar-refractivity contribution in [3.05, 3.63) is 36.2 Å². The molecule has 106 valence electrons. The summed E-state index contributed by atoms with van der Waals surface area (Å²) in [6, 6.07) is 3.91. The Hall–Kier alpha value is -2.21. The van der Waals surface area contributed by atoms with Gasteiger partial charge in [-0.05, 0) is 24.6 Å². The summed E-state index contributed by atoms with van der Waals surface area (Å²) in [7, 11) is 0. The van der Waals surface area contributed by atoms with Crippen molar-refractivity contribution >= 4 is 23.2 Å². The molecule has 5 nitrogen and oxygen atoms in total. The van der Waals surface area contributed by atoms with Gasteiger partial charge < -0.3 is 16.4 Å². The standard InChI is InChI=1S/C14H16FN3O2/c1-8(19)17-13-7-11(4-5-12(13)15)18-14(20)9-2-3-10(16)6-9/h2-5,7,9-10H,6,16H2,1H3,(H,17,19)(H,18,20). The van der Waals surface area contributed by atoms with E-state index in [-0.39, 0.29) is 29.5 Å². The van der Waals surface area contributed by atoms with Gasteiger partial charge in [-0.2, -0.15) is 0 Å². The molecule has 1 aromatic carbocycles. The maximum absolute atomic E-state index is 13.5. The molecule has 1 aliphatic rings. The lowest BCUT2D eigenvalue weighted by Gasteiger charge is -2.12. The fourth-order valence-corrected chi connectivity index (χ4v) is 2.05. The summed E-state index contributed by atoms with van der Waals surface area (Å²) < 4.78 is 13.5. The van der Waals surface area contributed by atoms with Crippen LogP contribution in [0.15, 0.2) is 30.4 Å².